The number of carbonyl (C=O) groups is 2. The SMILES string of the molecule is CC(NC(=O)c1ccccc1SCC(=O)N(C)C1CCCCC1)c1ccc(Cl)cc1. The number of hydrogen-bond donors (Lipinski definition) is 1. The first-order valence-electron chi connectivity index (χ1n) is 10.5. The number of nitrogens with one attached hydrogen (secondary N) is 1. The van der Waals surface area contributed by atoms with Crippen LogP contribution in [0.1, 0.15) is 61.0 Å². The molecule has 4 nitrogen and oxygen atoms in total. The van der Waals surface area contributed by atoms with E-state index >= 15 is 0 Å². The van der Waals surface area contributed by atoms with E-state index in [0.29, 0.717) is 22.4 Å². The minimum atomic E-state index is -0.146. The molecule has 2 aromatic carbocycles. The Morgan fingerprint density at radius 1 is 1.10 bits per heavy atom. The summed E-state index contributed by atoms with van der Waals surface area (Å²) >= 11 is 7.38. The van der Waals surface area contributed by atoms with Gasteiger partial charge in [0.25, 0.3) is 5.91 Å². The Morgan fingerprint density at radius 3 is 2.47 bits per heavy atom. The van der Waals surface area contributed by atoms with Crippen molar-refractivity contribution in [2.45, 2.75) is 56.0 Å². The third-order valence-electron chi connectivity index (χ3n) is 5.72. The highest BCUT2D eigenvalue weighted by Gasteiger charge is 2.22. The van der Waals surface area contributed by atoms with Crippen LogP contribution in [0, 0.1) is 0 Å². The average Bonchev–Trinajstić information content (AvgIpc) is 2.78. The highest BCUT2D eigenvalue weighted by Crippen LogP contribution is 2.26. The molecule has 0 aromatic heterocycles. The number of benzene rings is 2. The maximum atomic E-state index is 12.9. The Kier molecular flexibility index (Phi) is 8.23. The summed E-state index contributed by atoms with van der Waals surface area (Å²) in [6, 6.07) is 15.1. The Morgan fingerprint density at radius 2 is 1.77 bits per heavy atom. The average molecular weight is 445 g/mol. The van der Waals surface area contributed by atoms with Crippen molar-refractivity contribution in [3.8, 4) is 0 Å². The number of carbonyl (C=O) groups excluding carboxylic acids is 2. The van der Waals surface area contributed by atoms with Gasteiger partial charge in [0, 0.05) is 23.0 Å². The van der Waals surface area contributed by atoms with Gasteiger partial charge in [-0.2, -0.15) is 0 Å². The quantitative estimate of drug-likeness (QED) is 0.556. The molecular weight excluding hydrogens is 416 g/mol. The summed E-state index contributed by atoms with van der Waals surface area (Å²) in [6.45, 7) is 1.94. The Bertz CT molecular complexity index is 866. The van der Waals surface area contributed by atoms with E-state index in [2.05, 4.69) is 5.32 Å². The third kappa shape index (κ3) is 6.02. The molecule has 2 amide bonds. The zero-order chi connectivity index (χ0) is 21.5. The molecule has 0 aliphatic heterocycles. The van der Waals surface area contributed by atoms with Crippen molar-refractivity contribution >= 4 is 35.2 Å². The van der Waals surface area contributed by atoms with Crippen LogP contribution in [0.4, 0.5) is 0 Å². The van der Waals surface area contributed by atoms with E-state index in [1.165, 1.54) is 31.0 Å². The van der Waals surface area contributed by atoms with Gasteiger partial charge < -0.3 is 10.2 Å². The molecule has 30 heavy (non-hydrogen) atoms. The Hall–Kier alpha value is -1.98. The molecule has 0 saturated heterocycles. The van der Waals surface area contributed by atoms with Crippen LogP contribution in [0.5, 0.6) is 0 Å². The third-order valence-corrected chi connectivity index (χ3v) is 7.03. The van der Waals surface area contributed by atoms with Crippen molar-refractivity contribution in [3.05, 3.63) is 64.7 Å². The summed E-state index contributed by atoms with van der Waals surface area (Å²) in [6.07, 6.45) is 5.85. The van der Waals surface area contributed by atoms with Crippen molar-refractivity contribution < 1.29 is 9.59 Å². The van der Waals surface area contributed by atoms with Crippen LogP contribution in [-0.2, 0) is 4.79 Å². The van der Waals surface area contributed by atoms with Crippen molar-refractivity contribution in [1.82, 2.24) is 10.2 Å². The van der Waals surface area contributed by atoms with E-state index in [1.807, 2.05) is 67.4 Å². The molecule has 160 valence electrons. The molecule has 1 aliphatic rings. The second kappa shape index (κ2) is 10.9. The number of thioether (sulfide) groups is 1. The normalized spacial score (nSPS) is 15.4. The number of nitrogens with zero attached hydrogens (tertiary/aromatic N) is 1. The van der Waals surface area contributed by atoms with Crippen molar-refractivity contribution in [1.29, 1.82) is 0 Å². The van der Waals surface area contributed by atoms with E-state index in [-0.39, 0.29) is 17.9 Å². The van der Waals surface area contributed by atoms with Gasteiger partial charge in [0.1, 0.15) is 0 Å². The maximum Gasteiger partial charge on any atom is 0.252 e. The molecule has 1 fully saturated rings. The minimum absolute atomic E-state index is 0.122. The van der Waals surface area contributed by atoms with E-state index in [9.17, 15) is 9.59 Å². The van der Waals surface area contributed by atoms with Crippen LogP contribution < -0.4 is 5.32 Å². The summed E-state index contributed by atoms with van der Waals surface area (Å²) in [5, 5.41) is 3.71. The smallest absolute Gasteiger partial charge is 0.252 e. The fraction of sp³-hybridized carbons (Fsp3) is 0.417. The maximum absolute atomic E-state index is 12.9. The Balaban J connectivity index is 1.61. The molecule has 2 aromatic rings. The first kappa shape index (κ1) is 22.7. The summed E-state index contributed by atoms with van der Waals surface area (Å²) in [5.74, 6) is 0.314. The molecule has 1 saturated carbocycles. The first-order valence-corrected chi connectivity index (χ1v) is 11.9. The summed E-state index contributed by atoms with van der Waals surface area (Å²) in [5.41, 5.74) is 1.58. The van der Waals surface area contributed by atoms with Gasteiger partial charge in [0.2, 0.25) is 5.91 Å². The monoisotopic (exact) mass is 444 g/mol. The number of hydrogen-bond acceptors (Lipinski definition) is 3. The van der Waals surface area contributed by atoms with E-state index < -0.39 is 0 Å². The van der Waals surface area contributed by atoms with Gasteiger partial charge in [-0.1, -0.05) is 55.1 Å². The van der Waals surface area contributed by atoms with E-state index in [1.54, 1.807) is 0 Å². The zero-order valence-electron chi connectivity index (χ0n) is 17.6. The Labute approximate surface area is 188 Å². The second-order valence-electron chi connectivity index (χ2n) is 7.83. The molecular formula is C24H29ClN2O2S. The van der Waals surface area contributed by atoms with Crippen LogP contribution >= 0.6 is 23.4 Å². The fourth-order valence-corrected chi connectivity index (χ4v) is 4.90. The van der Waals surface area contributed by atoms with Gasteiger partial charge >= 0.3 is 0 Å². The van der Waals surface area contributed by atoms with Gasteiger partial charge in [-0.25, -0.2) is 0 Å². The lowest BCUT2D eigenvalue weighted by molar-refractivity contribution is -0.129. The second-order valence-corrected chi connectivity index (χ2v) is 9.28. The summed E-state index contributed by atoms with van der Waals surface area (Å²) in [7, 11) is 1.91. The van der Waals surface area contributed by atoms with E-state index in [4.69, 9.17) is 11.6 Å². The van der Waals surface area contributed by atoms with Crippen molar-refractivity contribution in [3.63, 3.8) is 0 Å². The standard InChI is InChI=1S/C24H29ClN2O2S/c1-17(18-12-14-19(25)15-13-18)26-24(29)21-10-6-7-11-22(21)30-16-23(28)27(2)20-8-4-3-5-9-20/h6-7,10-15,17,20H,3-5,8-9,16H2,1-2H3,(H,26,29). The van der Waals surface area contributed by atoms with Crippen molar-refractivity contribution in [2.24, 2.45) is 0 Å². The predicted molar refractivity (Wildman–Crippen MR) is 124 cm³/mol. The van der Waals surface area contributed by atoms with E-state index in [0.717, 1.165) is 23.3 Å². The minimum Gasteiger partial charge on any atom is -0.345 e. The lowest BCUT2D eigenvalue weighted by atomic mass is 9.94. The molecule has 1 N–H and O–H groups in total. The largest absolute Gasteiger partial charge is 0.345 e. The molecule has 1 atom stereocenters. The highest BCUT2D eigenvalue weighted by atomic mass is 35.5. The molecule has 0 radical (unpaired) electrons. The van der Waals surface area contributed by atoms with Crippen molar-refractivity contribution in [2.75, 3.05) is 12.8 Å². The zero-order valence-corrected chi connectivity index (χ0v) is 19.1. The van der Waals surface area contributed by atoms with Gasteiger partial charge in [-0.05, 0) is 49.6 Å². The van der Waals surface area contributed by atoms with Gasteiger partial charge in [-0.3, -0.25) is 9.59 Å². The van der Waals surface area contributed by atoms with Crippen LogP contribution in [0.25, 0.3) is 0 Å². The highest BCUT2D eigenvalue weighted by molar-refractivity contribution is 8.00. The molecule has 6 heteroatoms. The molecule has 3 rings (SSSR count). The summed E-state index contributed by atoms with van der Waals surface area (Å²) < 4.78 is 0. The first-order chi connectivity index (χ1) is 14.5. The molecule has 0 bridgehead atoms. The van der Waals surface area contributed by atoms with Gasteiger partial charge in [0.15, 0.2) is 0 Å². The topological polar surface area (TPSA) is 49.4 Å². The molecule has 1 unspecified atom stereocenters. The van der Waals surface area contributed by atoms with Crippen LogP contribution in [0.15, 0.2) is 53.4 Å². The lowest BCUT2D eigenvalue weighted by Crippen LogP contribution is -2.39. The fourth-order valence-electron chi connectivity index (χ4n) is 3.80. The number of halogens is 1. The van der Waals surface area contributed by atoms with Crippen LogP contribution in [0.2, 0.25) is 5.02 Å². The van der Waals surface area contributed by atoms with Crippen LogP contribution in [0.3, 0.4) is 0 Å². The van der Waals surface area contributed by atoms with Crippen LogP contribution in [-0.4, -0.2) is 35.6 Å². The predicted octanol–water partition coefficient (Wildman–Crippen LogP) is 5.71. The molecule has 1 aliphatic carbocycles. The van der Waals surface area contributed by atoms with Gasteiger partial charge in [-0.15, -0.1) is 11.8 Å². The molecule has 0 spiro atoms. The number of rotatable bonds is 7. The van der Waals surface area contributed by atoms with Gasteiger partial charge in [0.05, 0.1) is 17.4 Å². The summed E-state index contributed by atoms with van der Waals surface area (Å²) in [4.78, 5) is 28.3. The molecule has 0 heterocycles. The number of amides is 2. The lowest BCUT2D eigenvalue weighted by Gasteiger charge is -2.31.